The van der Waals surface area contributed by atoms with Crippen molar-refractivity contribution in [2.75, 3.05) is 11.4 Å². The molecule has 0 saturated heterocycles. The van der Waals surface area contributed by atoms with Crippen LogP contribution in [0.3, 0.4) is 0 Å². The van der Waals surface area contributed by atoms with Gasteiger partial charge in [0.15, 0.2) is 0 Å². The first kappa shape index (κ1) is 17.5. The maximum Gasteiger partial charge on any atom is 0.356 e. The molecular formula is C19H17N7O2. The molecule has 0 atom stereocenters. The zero-order valence-electron chi connectivity index (χ0n) is 15.4. The van der Waals surface area contributed by atoms with Crippen molar-refractivity contribution >= 4 is 28.2 Å². The quantitative estimate of drug-likeness (QED) is 0.388. The van der Waals surface area contributed by atoms with E-state index in [1.165, 1.54) is 11.0 Å². The van der Waals surface area contributed by atoms with Crippen LogP contribution in [0.1, 0.15) is 12.5 Å². The smallest absolute Gasteiger partial charge is 0.321 e. The maximum atomic E-state index is 12.0. The summed E-state index contributed by atoms with van der Waals surface area (Å²) in [6, 6.07) is 15.0. The summed E-state index contributed by atoms with van der Waals surface area (Å²) in [7, 11) is 0. The third-order valence-corrected chi connectivity index (χ3v) is 4.40. The van der Waals surface area contributed by atoms with Gasteiger partial charge in [0.2, 0.25) is 11.6 Å². The SMILES string of the molecule is CCN(c1cccc(C)c1)c1ncnc(-n2nnc3ccccc32)c1[N+](=O)[O-]. The maximum absolute atomic E-state index is 12.0. The number of hydrogen-bond acceptors (Lipinski definition) is 7. The molecule has 2 aromatic carbocycles. The lowest BCUT2D eigenvalue weighted by atomic mass is 10.2. The van der Waals surface area contributed by atoms with Crippen molar-refractivity contribution in [1.82, 2.24) is 25.0 Å². The van der Waals surface area contributed by atoms with Crippen LogP contribution in [0.5, 0.6) is 0 Å². The monoisotopic (exact) mass is 375 g/mol. The Labute approximate surface area is 160 Å². The second-order valence-electron chi connectivity index (χ2n) is 6.20. The minimum atomic E-state index is -0.473. The molecule has 0 fully saturated rings. The standard InChI is InChI=1S/C19H17N7O2/c1-3-24(14-8-6-7-13(2)11-14)18-17(26(27)28)19(21-12-20-18)25-16-10-5-4-9-15(16)22-23-25/h4-12H,3H2,1-2H3. The second kappa shape index (κ2) is 7.03. The Balaban J connectivity index is 1.94. The van der Waals surface area contributed by atoms with Crippen LogP contribution in [0.2, 0.25) is 0 Å². The normalized spacial score (nSPS) is 10.9. The molecule has 0 amide bonds. The van der Waals surface area contributed by atoms with Crippen LogP contribution in [0, 0.1) is 17.0 Å². The highest BCUT2D eigenvalue weighted by atomic mass is 16.6. The number of para-hydroxylation sites is 1. The van der Waals surface area contributed by atoms with E-state index in [0.29, 0.717) is 17.6 Å². The highest BCUT2D eigenvalue weighted by Crippen LogP contribution is 2.35. The number of nitro groups is 1. The van der Waals surface area contributed by atoms with Crippen LogP contribution in [0.25, 0.3) is 16.9 Å². The van der Waals surface area contributed by atoms with Gasteiger partial charge in [0.1, 0.15) is 11.8 Å². The number of hydrogen-bond donors (Lipinski definition) is 0. The van der Waals surface area contributed by atoms with Gasteiger partial charge in [0.05, 0.1) is 10.4 Å². The van der Waals surface area contributed by atoms with Crippen LogP contribution < -0.4 is 4.90 Å². The molecule has 4 rings (SSSR count). The summed E-state index contributed by atoms with van der Waals surface area (Å²) >= 11 is 0. The number of benzene rings is 2. The van der Waals surface area contributed by atoms with Crippen molar-refractivity contribution < 1.29 is 4.92 Å². The van der Waals surface area contributed by atoms with Gasteiger partial charge in [-0.15, -0.1) is 5.10 Å². The van der Waals surface area contributed by atoms with Gasteiger partial charge in [-0.1, -0.05) is 29.5 Å². The summed E-state index contributed by atoms with van der Waals surface area (Å²) in [6.45, 7) is 4.39. The molecule has 9 heteroatoms. The molecule has 0 bridgehead atoms. The Morgan fingerprint density at radius 1 is 1.14 bits per heavy atom. The van der Waals surface area contributed by atoms with Gasteiger partial charge in [-0.3, -0.25) is 10.1 Å². The van der Waals surface area contributed by atoms with E-state index >= 15 is 0 Å². The fourth-order valence-electron chi connectivity index (χ4n) is 3.15. The molecule has 2 aromatic heterocycles. The number of fused-ring (bicyclic) bond motifs is 1. The fraction of sp³-hybridized carbons (Fsp3) is 0.158. The number of aromatic nitrogens is 5. The lowest BCUT2D eigenvalue weighted by molar-refractivity contribution is -0.384. The van der Waals surface area contributed by atoms with Gasteiger partial charge >= 0.3 is 5.69 Å². The van der Waals surface area contributed by atoms with Gasteiger partial charge in [-0.2, -0.15) is 4.68 Å². The van der Waals surface area contributed by atoms with Crippen molar-refractivity contribution in [3.8, 4) is 5.82 Å². The summed E-state index contributed by atoms with van der Waals surface area (Å²) in [5.41, 5.74) is 2.91. The van der Waals surface area contributed by atoms with Crippen molar-refractivity contribution in [1.29, 1.82) is 0 Å². The van der Waals surface area contributed by atoms with Crippen LogP contribution in [-0.2, 0) is 0 Å². The first-order valence-electron chi connectivity index (χ1n) is 8.74. The topological polar surface area (TPSA) is 103 Å². The predicted octanol–water partition coefficient (Wildman–Crippen LogP) is 3.59. The van der Waals surface area contributed by atoms with Crippen molar-refractivity contribution in [2.24, 2.45) is 0 Å². The molecule has 2 heterocycles. The van der Waals surface area contributed by atoms with Gasteiger partial charge in [-0.05, 0) is 43.7 Å². The van der Waals surface area contributed by atoms with Gasteiger partial charge < -0.3 is 4.90 Å². The molecule has 140 valence electrons. The molecule has 0 aliphatic carbocycles. The summed E-state index contributed by atoms with van der Waals surface area (Å²) in [6.07, 6.45) is 1.31. The average molecular weight is 375 g/mol. The van der Waals surface area contributed by atoms with Gasteiger partial charge in [0, 0.05) is 12.2 Å². The van der Waals surface area contributed by atoms with Crippen LogP contribution in [-0.4, -0.2) is 36.4 Å². The van der Waals surface area contributed by atoms with E-state index in [0.717, 1.165) is 11.3 Å². The van der Waals surface area contributed by atoms with Gasteiger partial charge in [-0.25, -0.2) is 9.97 Å². The summed E-state index contributed by atoms with van der Waals surface area (Å²) in [5, 5.41) is 20.2. The Kier molecular flexibility index (Phi) is 4.40. The summed E-state index contributed by atoms with van der Waals surface area (Å²) < 4.78 is 1.38. The Morgan fingerprint density at radius 3 is 2.71 bits per heavy atom. The van der Waals surface area contributed by atoms with E-state index in [1.54, 1.807) is 17.0 Å². The molecule has 4 aromatic rings. The largest absolute Gasteiger partial charge is 0.356 e. The molecular weight excluding hydrogens is 358 g/mol. The third-order valence-electron chi connectivity index (χ3n) is 4.40. The van der Waals surface area contributed by atoms with E-state index in [1.807, 2.05) is 50.2 Å². The predicted molar refractivity (Wildman–Crippen MR) is 105 cm³/mol. The van der Waals surface area contributed by atoms with E-state index in [9.17, 15) is 10.1 Å². The summed E-state index contributed by atoms with van der Waals surface area (Å²) in [4.78, 5) is 21.7. The number of aryl methyl sites for hydroxylation is 1. The number of nitrogens with zero attached hydrogens (tertiary/aromatic N) is 7. The molecule has 0 radical (unpaired) electrons. The third kappa shape index (κ3) is 2.92. The first-order chi connectivity index (χ1) is 13.6. The van der Waals surface area contributed by atoms with E-state index < -0.39 is 4.92 Å². The molecule has 9 nitrogen and oxygen atoms in total. The zero-order valence-corrected chi connectivity index (χ0v) is 15.4. The Hall–Kier alpha value is -3.88. The molecule has 0 unspecified atom stereocenters. The highest BCUT2D eigenvalue weighted by Gasteiger charge is 2.29. The zero-order chi connectivity index (χ0) is 19.7. The van der Waals surface area contributed by atoms with Crippen molar-refractivity contribution in [3.63, 3.8) is 0 Å². The van der Waals surface area contributed by atoms with Crippen LogP contribution >= 0.6 is 0 Å². The lowest BCUT2D eigenvalue weighted by Crippen LogP contribution is -2.20. The van der Waals surface area contributed by atoms with E-state index in [-0.39, 0.29) is 17.3 Å². The number of anilines is 2. The lowest BCUT2D eigenvalue weighted by Gasteiger charge is -2.22. The van der Waals surface area contributed by atoms with E-state index in [4.69, 9.17) is 0 Å². The fourth-order valence-corrected chi connectivity index (χ4v) is 3.15. The molecule has 28 heavy (non-hydrogen) atoms. The molecule has 0 aliphatic rings. The van der Waals surface area contributed by atoms with E-state index in [2.05, 4.69) is 20.3 Å². The minimum Gasteiger partial charge on any atom is -0.321 e. The molecule has 0 N–H and O–H groups in total. The minimum absolute atomic E-state index is 0.0785. The summed E-state index contributed by atoms with van der Waals surface area (Å²) in [5.74, 6) is 0.289. The average Bonchev–Trinajstić information content (AvgIpc) is 3.12. The first-order valence-corrected chi connectivity index (χ1v) is 8.74. The van der Waals surface area contributed by atoms with Crippen LogP contribution in [0.4, 0.5) is 17.2 Å². The Bertz CT molecular complexity index is 1170. The molecule has 0 spiro atoms. The van der Waals surface area contributed by atoms with Crippen molar-refractivity contribution in [3.05, 3.63) is 70.5 Å². The Morgan fingerprint density at radius 2 is 1.96 bits per heavy atom. The molecule has 0 saturated carbocycles. The highest BCUT2D eigenvalue weighted by molar-refractivity contribution is 5.79. The molecule has 0 aliphatic heterocycles. The van der Waals surface area contributed by atoms with Crippen LogP contribution in [0.15, 0.2) is 54.9 Å². The second-order valence-corrected chi connectivity index (χ2v) is 6.20. The van der Waals surface area contributed by atoms with Crippen molar-refractivity contribution in [2.45, 2.75) is 13.8 Å². The van der Waals surface area contributed by atoms with Gasteiger partial charge in [0.25, 0.3) is 0 Å². The number of rotatable bonds is 5.